The molecule has 0 radical (unpaired) electrons. The summed E-state index contributed by atoms with van der Waals surface area (Å²) < 4.78 is 2.96. The highest BCUT2D eigenvalue weighted by atomic mass is 32.1. The van der Waals surface area contributed by atoms with Gasteiger partial charge >= 0.3 is 0 Å². The summed E-state index contributed by atoms with van der Waals surface area (Å²) >= 11 is 3.85. The van der Waals surface area contributed by atoms with Crippen molar-refractivity contribution in [2.75, 3.05) is 0 Å². The first-order valence-corrected chi connectivity index (χ1v) is 8.05. The second-order valence-corrected chi connectivity index (χ2v) is 6.50. The van der Waals surface area contributed by atoms with Gasteiger partial charge in [0.15, 0.2) is 0 Å². The molecule has 0 spiro atoms. The first-order chi connectivity index (χ1) is 7.90. The topological polar surface area (TPSA) is 0 Å². The predicted octanol–water partition coefficient (Wildman–Crippen LogP) is 5.87. The van der Waals surface area contributed by atoms with Crippen LogP contribution in [0.4, 0.5) is 0 Å². The van der Waals surface area contributed by atoms with Crippen molar-refractivity contribution in [3.05, 3.63) is 22.4 Å². The van der Waals surface area contributed by atoms with Crippen molar-refractivity contribution in [2.45, 2.75) is 51.9 Å². The lowest BCUT2D eigenvalue weighted by atomic mass is 10.1. The smallest absolute Gasteiger partial charge is 0.0453 e. The Labute approximate surface area is 106 Å². The van der Waals surface area contributed by atoms with Gasteiger partial charge in [0.05, 0.1) is 0 Å². The van der Waals surface area contributed by atoms with Crippen molar-refractivity contribution < 1.29 is 0 Å². The van der Waals surface area contributed by atoms with Gasteiger partial charge in [0.25, 0.3) is 0 Å². The van der Waals surface area contributed by atoms with Gasteiger partial charge in [-0.3, -0.25) is 0 Å². The standard InChI is InChI=1S/C14H20S2/c1-2-3-4-5-6-7-8-12-11-14-13(16-12)9-10-15-14/h9-11H,2-8H2,1H3. The van der Waals surface area contributed by atoms with E-state index < -0.39 is 0 Å². The van der Waals surface area contributed by atoms with Gasteiger partial charge in [-0.25, -0.2) is 0 Å². The summed E-state index contributed by atoms with van der Waals surface area (Å²) in [5.41, 5.74) is 0. The summed E-state index contributed by atoms with van der Waals surface area (Å²) in [4.78, 5) is 1.58. The SMILES string of the molecule is CCCCCCCCc1cc2sccc2s1. The van der Waals surface area contributed by atoms with E-state index in [-0.39, 0.29) is 0 Å². The largest absolute Gasteiger partial charge is 0.143 e. The summed E-state index contributed by atoms with van der Waals surface area (Å²) in [6.07, 6.45) is 9.68. The van der Waals surface area contributed by atoms with E-state index in [0.29, 0.717) is 0 Å². The summed E-state index contributed by atoms with van der Waals surface area (Å²) in [5.74, 6) is 0. The zero-order valence-corrected chi connectivity index (χ0v) is 11.6. The molecule has 0 aliphatic carbocycles. The average Bonchev–Trinajstić information content (AvgIpc) is 2.83. The lowest BCUT2D eigenvalue weighted by molar-refractivity contribution is 0.609. The zero-order chi connectivity index (χ0) is 11.2. The third kappa shape index (κ3) is 3.33. The molecule has 2 rings (SSSR count). The van der Waals surface area contributed by atoms with Crippen LogP contribution >= 0.6 is 22.7 Å². The quantitative estimate of drug-likeness (QED) is 0.541. The maximum Gasteiger partial charge on any atom is 0.0453 e. The molecule has 2 heterocycles. The second kappa shape index (κ2) is 6.41. The highest BCUT2D eigenvalue weighted by Gasteiger charge is 2.02. The molecule has 2 aromatic heterocycles. The highest BCUT2D eigenvalue weighted by molar-refractivity contribution is 7.26. The first-order valence-electron chi connectivity index (χ1n) is 6.36. The van der Waals surface area contributed by atoms with E-state index in [1.807, 2.05) is 22.7 Å². The van der Waals surface area contributed by atoms with Gasteiger partial charge in [-0.1, -0.05) is 39.0 Å². The van der Waals surface area contributed by atoms with Gasteiger partial charge in [-0.15, -0.1) is 22.7 Å². The molecule has 0 aromatic carbocycles. The third-order valence-electron chi connectivity index (χ3n) is 2.97. The van der Waals surface area contributed by atoms with E-state index in [2.05, 4.69) is 24.4 Å². The van der Waals surface area contributed by atoms with Crippen LogP contribution in [-0.2, 0) is 6.42 Å². The summed E-state index contributed by atoms with van der Waals surface area (Å²) in [6, 6.07) is 4.63. The Kier molecular flexibility index (Phi) is 4.86. The van der Waals surface area contributed by atoms with Crippen LogP contribution in [0.25, 0.3) is 9.40 Å². The molecule has 0 fully saturated rings. The minimum atomic E-state index is 1.29. The number of fused-ring (bicyclic) bond motifs is 1. The number of hydrogen-bond acceptors (Lipinski definition) is 2. The molecule has 2 heteroatoms. The second-order valence-electron chi connectivity index (χ2n) is 4.38. The van der Waals surface area contributed by atoms with E-state index >= 15 is 0 Å². The molecular formula is C14H20S2. The Hall–Kier alpha value is -0.340. The minimum Gasteiger partial charge on any atom is -0.143 e. The molecule has 0 bridgehead atoms. The molecule has 88 valence electrons. The third-order valence-corrected chi connectivity index (χ3v) is 5.12. The Morgan fingerprint density at radius 3 is 2.62 bits per heavy atom. The molecule has 0 atom stereocenters. The monoisotopic (exact) mass is 252 g/mol. The van der Waals surface area contributed by atoms with E-state index in [1.54, 1.807) is 4.88 Å². The van der Waals surface area contributed by atoms with Gasteiger partial charge in [-0.05, 0) is 30.4 Å². The number of hydrogen-bond donors (Lipinski definition) is 0. The first kappa shape index (κ1) is 12.1. The van der Waals surface area contributed by atoms with E-state index in [1.165, 1.54) is 54.3 Å². The molecular weight excluding hydrogens is 232 g/mol. The van der Waals surface area contributed by atoms with Crippen LogP contribution in [0, 0.1) is 0 Å². The fourth-order valence-corrected chi connectivity index (χ4v) is 4.20. The lowest BCUT2D eigenvalue weighted by Gasteiger charge is -1.98. The summed E-state index contributed by atoms with van der Waals surface area (Å²) in [7, 11) is 0. The zero-order valence-electron chi connectivity index (χ0n) is 10.00. The Bertz CT molecular complexity index is 382. The van der Waals surface area contributed by atoms with Crippen LogP contribution in [-0.4, -0.2) is 0 Å². The van der Waals surface area contributed by atoms with Crippen LogP contribution in [0.2, 0.25) is 0 Å². The number of rotatable bonds is 7. The van der Waals surface area contributed by atoms with Gasteiger partial charge in [0.1, 0.15) is 0 Å². The molecule has 16 heavy (non-hydrogen) atoms. The van der Waals surface area contributed by atoms with Crippen molar-refractivity contribution >= 4 is 32.1 Å². The average molecular weight is 252 g/mol. The molecule has 0 amide bonds. The van der Waals surface area contributed by atoms with Crippen molar-refractivity contribution in [3.63, 3.8) is 0 Å². The van der Waals surface area contributed by atoms with Crippen molar-refractivity contribution in [1.82, 2.24) is 0 Å². The van der Waals surface area contributed by atoms with Crippen LogP contribution in [0.1, 0.15) is 50.3 Å². The Balaban J connectivity index is 1.68. The molecule has 0 unspecified atom stereocenters. The van der Waals surface area contributed by atoms with Gasteiger partial charge < -0.3 is 0 Å². The summed E-state index contributed by atoms with van der Waals surface area (Å²) in [5, 5.41) is 2.19. The number of thiophene rings is 2. The molecule has 0 saturated carbocycles. The maximum atomic E-state index is 2.39. The highest BCUT2D eigenvalue weighted by Crippen LogP contribution is 2.30. The van der Waals surface area contributed by atoms with Gasteiger partial charge in [-0.2, -0.15) is 0 Å². The lowest BCUT2D eigenvalue weighted by Crippen LogP contribution is -1.82. The molecule has 0 nitrogen and oxygen atoms in total. The Morgan fingerprint density at radius 1 is 1.00 bits per heavy atom. The van der Waals surface area contributed by atoms with Crippen molar-refractivity contribution in [2.24, 2.45) is 0 Å². The van der Waals surface area contributed by atoms with Crippen LogP contribution in [0.15, 0.2) is 17.5 Å². The van der Waals surface area contributed by atoms with E-state index in [0.717, 1.165) is 0 Å². The van der Waals surface area contributed by atoms with Crippen LogP contribution < -0.4 is 0 Å². The van der Waals surface area contributed by atoms with Gasteiger partial charge in [0.2, 0.25) is 0 Å². The van der Waals surface area contributed by atoms with Crippen molar-refractivity contribution in [3.8, 4) is 0 Å². The Morgan fingerprint density at radius 2 is 1.81 bits per heavy atom. The fraction of sp³-hybridized carbons (Fsp3) is 0.571. The minimum absolute atomic E-state index is 1.29. The van der Waals surface area contributed by atoms with Crippen LogP contribution in [0.5, 0.6) is 0 Å². The molecule has 0 N–H and O–H groups in total. The van der Waals surface area contributed by atoms with Gasteiger partial charge in [0, 0.05) is 14.3 Å². The molecule has 0 aliphatic rings. The van der Waals surface area contributed by atoms with Crippen molar-refractivity contribution in [1.29, 1.82) is 0 Å². The predicted molar refractivity (Wildman–Crippen MR) is 76.8 cm³/mol. The molecule has 0 aliphatic heterocycles. The van der Waals surface area contributed by atoms with Crippen LogP contribution in [0.3, 0.4) is 0 Å². The van der Waals surface area contributed by atoms with E-state index in [4.69, 9.17) is 0 Å². The number of unbranched alkanes of at least 4 members (excludes halogenated alkanes) is 5. The molecule has 2 aromatic rings. The molecule has 0 saturated heterocycles. The van der Waals surface area contributed by atoms with E-state index in [9.17, 15) is 0 Å². The maximum absolute atomic E-state index is 2.39. The number of aryl methyl sites for hydroxylation is 1. The summed E-state index contributed by atoms with van der Waals surface area (Å²) in [6.45, 7) is 2.28. The normalized spacial score (nSPS) is 11.3. The fourth-order valence-electron chi connectivity index (χ4n) is 2.02.